The lowest BCUT2D eigenvalue weighted by Gasteiger charge is -1.96. The van der Waals surface area contributed by atoms with Crippen LogP contribution in [0.25, 0.3) is 6.08 Å². The Kier molecular flexibility index (Phi) is 3.24. The van der Waals surface area contributed by atoms with E-state index in [1.54, 1.807) is 23.5 Å². The molecule has 0 saturated heterocycles. The quantitative estimate of drug-likeness (QED) is 0.537. The number of nitriles is 1. The fraction of sp³-hybridized carbons (Fsp3) is 0. The van der Waals surface area contributed by atoms with E-state index in [2.05, 4.69) is 0 Å². The summed E-state index contributed by atoms with van der Waals surface area (Å²) in [6.07, 6.45) is 2.60. The highest BCUT2D eigenvalue weighted by Gasteiger charge is 2.11. The van der Waals surface area contributed by atoms with E-state index in [1.165, 1.54) is 12.3 Å². The molecule has 1 heterocycles. The predicted octanol–water partition coefficient (Wildman–Crippen LogP) is 0.381. The third-order valence-corrected chi connectivity index (χ3v) is 1.43. The van der Waals surface area contributed by atoms with Crippen molar-refractivity contribution < 1.29 is 14.0 Å². The van der Waals surface area contributed by atoms with Gasteiger partial charge >= 0.3 is 6.03 Å². The molecule has 0 radical (unpaired) electrons. The second-order valence-corrected chi connectivity index (χ2v) is 2.50. The van der Waals surface area contributed by atoms with E-state index in [1.807, 2.05) is 0 Å². The van der Waals surface area contributed by atoms with Gasteiger partial charge in [-0.1, -0.05) is 0 Å². The third-order valence-electron chi connectivity index (χ3n) is 1.43. The highest BCUT2D eigenvalue weighted by atomic mass is 16.3. The van der Waals surface area contributed by atoms with Crippen LogP contribution in [0.15, 0.2) is 28.4 Å². The van der Waals surface area contributed by atoms with Crippen molar-refractivity contribution >= 4 is 18.0 Å². The highest BCUT2D eigenvalue weighted by Crippen LogP contribution is 2.06. The molecule has 0 spiro atoms. The Hall–Kier alpha value is -2.55. The van der Waals surface area contributed by atoms with E-state index in [9.17, 15) is 9.59 Å². The van der Waals surface area contributed by atoms with Crippen LogP contribution in [-0.4, -0.2) is 11.9 Å². The van der Waals surface area contributed by atoms with Crippen molar-refractivity contribution in [3.63, 3.8) is 0 Å². The molecule has 0 unspecified atom stereocenters. The van der Waals surface area contributed by atoms with E-state index in [-0.39, 0.29) is 5.57 Å². The first-order chi connectivity index (χ1) is 7.13. The molecule has 0 aliphatic rings. The number of hydrogen-bond donors (Lipinski definition) is 2. The molecule has 0 atom stereocenters. The number of imide groups is 1. The van der Waals surface area contributed by atoms with Crippen LogP contribution in [0.5, 0.6) is 0 Å². The van der Waals surface area contributed by atoms with Gasteiger partial charge in [0.15, 0.2) is 0 Å². The Morgan fingerprint density at radius 1 is 1.60 bits per heavy atom. The number of urea groups is 1. The summed E-state index contributed by atoms with van der Waals surface area (Å²) in [5.74, 6) is -0.521. The van der Waals surface area contributed by atoms with Gasteiger partial charge in [-0.2, -0.15) is 5.26 Å². The van der Waals surface area contributed by atoms with Crippen LogP contribution in [0.4, 0.5) is 4.79 Å². The number of nitrogens with two attached hydrogens (primary N) is 1. The Bertz CT molecular complexity index is 440. The van der Waals surface area contributed by atoms with Crippen molar-refractivity contribution in [3.8, 4) is 6.07 Å². The highest BCUT2D eigenvalue weighted by molar-refractivity contribution is 6.08. The van der Waals surface area contributed by atoms with Crippen molar-refractivity contribution in [3.05, 3.63) is 29.7 Å². The SMILES string of the molecule is N#C/C(=C/c1ccco1)C(=O)NC(N)=O. The Morgan fingerprint density at radius 2 is 2.33 bits per heavy atom. The van der Waals surface area contributed by atoms with Crippen LogP contribution in [0.2, 0.25) is 0 Å². The van der Waals surface area contributed by atoms with Crippen LogP contribution >= 0.6 is 0 Å². The molecule has 0 aliphatic heterocycles. The molecule has 6 nitrogen and oxygen atoms in total. The molecular weight excluding hydrogens is 198 g/mol. The molecule has 0 bridgehead atoms. The lowest BCUT2D eigenvalue weighted by atomic mass is 10.2. The van der Waals surface area contributed by atoms with Gasteiger partial charge in [-0.05, 0) is 12.1 Å². The third kappa shape index (κ3) is 3.00. The van der Waals surface area contributed by atoms with Crippen LogP contribution in [0, 0.1) is 11.3 Å². The summed E-state index contributed by atoms with van der Waals surface area (Å²) in [5.41, 5.74) is 4.47. The van der Waals surface area contributed by atoms with Crippen molar-refractivity contribution in [2.75, 3.05) is 0 Å². The molecule has 15 heavy (non-hydrogen) atoms. The second-order valence-electron chi connectivity index (χ2n) is 2.50. The second kappa shape index (κ2) is 4.62. The number of nitrogens with zero attached hydrogens (tertiary/aromatic N) is 1. The van der Waals surface area contributed by atoms with Crippen molar-refractivity contribution in [2.24, 2.45) is 5.73 Å². The van der Waals surface area contributed by atoms with E-state index in [0.717, 1.165) is 0 Å². The van der Waals surface area contributed by atoms with Gasteiger partial charge in [-0.25, -0.2) is 4.79 Å². The molecule has 1 aromatic heterocycles. The van der Waals surface area contributed by atoms with Gasteiger partial charge in [0, 0.05) is 6.08 Å². The Labute approximate surface area is 85.0 Å². The number of rotatable bonds is 2. The van der Waals surface area contributed by atoms with Gasteiger partial charge in [0.25, 0.3) is 5.91 Å². The summed E-state index contributed by atoms with van der Waals surface area (Å²) in [5, 5.41) is 10.4. The fourth-order valence-corrected chi connectivity index (χ4v) is 0.843. The monoisotopic (exact) mass is 205 g/mol. The van der Waals surface area contributed by atoms with Gasteiger partial charge in [0.05, 0.1) is 6.26 Å². The molecule has 0 aromatic carbocycles. The smallest absolute Gasteiger partial charge is 0.319 e. The first kappa shape index (κ1) is 10.5. The Morgan fingerprint density at radius 3 is 2.80 bits per heavy atom. The average Bonchev–Trinajstić information content (AvgIpc) is 2.65. The molecule has 1 rings (SSSR count). The largest absolute Gasteiger partial charge is 0.465 e. The number of amides is 3. The predicted molar refractivity (Wildman–Crippen MR) is 50.0 cm³/mol. The number of nitrogens with one attached hydrogen (secondary N) is 1. The number of furan rings is 1. The van der Waals surface area contributed by atoms with Crippen molar-refractivity contribution in [1.29, 1.82) is 5.26 Å². The minimum Gasteiger partial charge on any atom is -0.465 e. The van der Waals surface area contributed by atoms with E-state index in [0.29, 0.717) is 5.76 Å². The van der Waals surface area contributed by atoms with Crippen LogP contribution < -0.4 is 11.1 Å². The molecule has 76 valence electrons. The van der Waals surface area contributed by atoms with Crippen LogP contribution in [-0.2, 0) is 4.79 Å². The molecule has 3 N–H and O–H groups in total. The summed E-state index contributed by atoms with van der Waals surface area (Å²) >= 11 is 0. The zero-order chi connectivity index (χ0) is 11.3. The van der Waals surface area contributed by atoms with Gasteiger partial charge in [-0.3, -0.25) is 10.1 Å². The lowest BCUT2D eigenvalue weighted by molar-refractivity contribution is -0.115. The van der Waals surface area contributed by atoms with E-state index in [4.69, 9.17) is 15.4 Å². The summed E-state index contributed by atoms with van der Waals surface area (Å²) in [6.45, 7) is 0. The van der Waals surface area contributed by atoms with Crippen LogP contribution in [0.3, 0.4) is 0 Å². The molecule has 0 fully saturated rings. The van der Waals surface area contributed by atoms with Crippen LogP contribution in [0.1, 0.15) is 5.76 Å². The number of carbonyl (C=O) groups is 2. The molecule has 1 aromatic rings. The summed E-state index contributed by atoms with van der Waals surface area (Å²) in [7, 11) is 0. The maximum atomic E-state index is 11.2. The molecule has 0 aliphatic carbocycles. The van der Waals surface area contributed by atoms with Crippen molar-refractivity contribution in [1.82, 2.24) is 5.32 Å². The summed E-state index contributed by atoms with van der Waals surface area (Å²) < 4.78 is 4.90. The minimum atomic E-state index is -1.01. The van der Waals surface area contributed by atoms with Gasteiger partial charge in [-0.15, -0.1) is 0 Å². The normalized spacial score (nSPS) is 10.5. The molecule has 3 amide bonds. The molecular formula is C9H7N3O3. The standard InChI is InChI=1S/C9H7N3O3/c10-5-6(8(13)12-9(11)14)4-7-2-1-3-15-7/h1-4H,(H3,11,12,13,14)/b6-4-. The van der Waals surface area contributed by atoms with Gasteiger partial charge in [0.2, 0.25) is 0 Å². The summed E-state index contributed by atoms with van der Waals surface area (Å²) in [4.78, 5) is 21.5. The number of primary amides is 1. The van der Waals surface area contributed by atoms with E-state index >= 15 is 0 Å². The lowest BCUT2D eigenvalue weighted by Crippen LogP contribution is -2.35. The average molecular weight is 205 g/mol. The number of hydrogen-bond acceptors (Lipinski definition) is 4. The molecule has 6 heteroatoms. The zero-order valence-electron chi connectivity index (χ0n) is 7.56. The Balaban J connectivity index is 2.86. The minimum absolute atomic E-state index is 0.260. The molecule has 0 saturated carbocycles. The van der Waals surface area contributed by atoms with Crippen molar-refractivity contribution in [2.45, 2.75) is 0 Å². The van der Waals surface area contributed by atoms with Gasteiger partial charge in [0.1, 0.15) is 17.4 Å². The summed E-state index contributed by atoms with van der Waals surface area (Å²) in [6, 6.07) is 3.78. The van der Waals surface area contributed by atoms with Gasteiger partial charge < -0.3 is 10.2 Å². The fourth-order valence-electron chi connectivity index (χ4n) is 0.843. The number of carbonyl (C=O) groups excluding carboxylic acids is 2. The maximum absolute atomic E-state index is 11.2. The maximum Gasteiger partial charge on any atom is 0.319 e. The topological polar surface area (TPSA) is 109 Å². The first-order valence-corrected chi connectivity index (χ1v) is 3.89. The zero-order valence-corrected chi connectivity index (χ0v) is 7.56. The first-order valence-electron chi connectivity index (χ1n) is 3.89. The van der Waals surface area contributed by atoms with E-state index < -0.39 is 11.9 Å².